The first-order chi connectivity index (χ1) is 9.93. The van der Waals surface area contributed by atoms with Crippen molar-refractivity contribution in [1.29, 1.82) is 0 Å². The molecule has 0 aromatic heterocycles. The Labute approximate surface area is 120 Å². The molecule has 1 aliphatic rings. The third-order valence-electron chi connectivity index (χ3n) is 3.35. The van der Waals surface area contributed by atoms with Crippen LogP contribution >= 0.6 is 0 Å². The van der Waals surface area contributed by atoms with E-state index in [1.807, 2.05) is 12.1 Å². The zero-order chi connectivity index (χ0) is 15.0. The summed E-state index contributed by atoms with van der Waals surface area (Å²) in [5.74, 6) is 0.717. The Kier molecular flexibility index (Phi) is 3.27. The van der Waals surface area contributed by atoms with Crippen LogP contribution in [-0.4, -0.2) is 6.10 Å². The van der Waals surface area contributed by atoms with E-state index >= 15 is 0 Å². The molecule has 0 saturated heterocycles. The van der Waals surface area contributed by atoms with Gasteiger partial charge in [-0.05, 0) is 42.7 Å². The van der Waals surface area contributed by atoms with Crippen LogP contribution in [0.2, 0.25) is 0 Å². The summed E-state index contributed by atoms with van der Waals surface area (Å²) in [5, 5.41) is 0. The van der Waals surface area contributed by atoms with Crippen LogP contribution in [-0.2, 0) is 6.18 Å². The molecule has 0 bridgehead atoms. The molecule has 0 heterocycles. The SMILES string of the molecule is Nc1cc(C(F)(F)F)ccc1-c1cccc(OC2CC2)c1. The van der Waals surface area contributed by atoms with Crippen LogP contribution in [0.25, 0.3) is 11.1 Å². The number of benzene rings is 2. The van der Waals surface area contributed by atoms with Crippen molar-refractivity contribution in [2.75, 3.05) is 5.73 Å². The maximum absolute atomic E-state index is 12.6. The maximum Gasteiger partial charge on any atom is 0.416 e. The van der Waals surface area contributed by atoms with Crippen molar-refractivity contribution in [2.45, 2.75) is 25.1 Å². The number of nitrogens with two attached hydrogens (primary N) is 1. The van der Waals surface area contributed by atoms with Gasteiger partial charge in [0, 0.05) is 11.3 Å². The lowest BCUT2D eigenvalue weighted by molar-refractivity contribution is -0.137. The van der Waals surface area contributed by atoms with Gasteiger partial charge in [-0.2, -0.15) is 13.2 Å². The van der Waals surface area contributed by atoms with Crippen molar-refractivity contribution in [3.8, 4) is 16.9 Å². The number of alkyl halides is 3. The van der Waals surface area contributed by atoms with Gasteiger partial charge in [0.05, 0.1) is 11.7 Å². The molecule has 0 amide bonds. The van der Waals surface area contributed by atoms with E-state index in [1.54, 1.807) is 12.1 Å². The second kappa shape index (κ2) is 4.98. The van der Waals surface area contributed by atoms with Crippen LogP contribution in [0.1, 0.15) is 18.4 Å². The minimum atomic E-state index is -4.39. The second-order valence-electron chi connectivity index (χ2n) is 5.14. The van der Waals surface area contributed by atoms with Crippen LogP contribution in [0.4, 0.5) is 18.9 Å². The second-order valence-corrected chi connectivity index (χ2v) is 5.14. The summed E-state index contributed by atoms with van der Waals surface area (Å²) in [6.07, 6.45) is -2.02. The normalized spacial score (nSPS) is 15.0. The smallest absolute Gasteiger partial charge is 0.416 e. The molecule has 5 heteroatoms. The molecule has 1 fully saturated rings. The average Bonchev–Trinajstić information content (AvgIpc) is 3.22. The van der Waals surface area contributed by atoms with E-state index in [0.29, 0.717) is 11.3 Å². The lowest BCUT2D eigenvalue weighted by atomic mass is 10.0. The van der Waals surface area contributed by atoms with Crippen LogP contribution < -0.4 is 10.5 Å². The van der Waals surface area contributed by atoms with Crippen molar-refractivity contribution in [1.82, 2.24) is 0 Å². The van der Waals surface area contributed by atoms with Gasteiger partial charge in [0.1, 0.15) is 5.75 Å². The minimum absolute atomic E-state index is 0.105. The van der Waals surface area contributed by atoms with E-state index in [-0.39, 0.29) is 11.8 Å². The molecule has 2 nitrogen and oxygen atoms in total. The summed E-state index contributed by atoms with van der Waals surface area (Å²) >= 11 is 0. The third-order valence-corrected chi connectivity index (χ3v) is 3.35. The Morgan fingerprint density at radius 2 is 1.81 bits per heavy atom. The molecule has 21 heavy (non-hydrogen) atoms. The largest absolute Gasteiger partial charge is 0.490 e. The Morgan fingerprint density at radius 1 is 1.05 bits per heavy atom. The predicted octanol–water partition coefficient (Wildman–Crippen LogP) is 4.50. The fraction of sp³-hybridized carbons (Fsp3) is 0.250. The molecular weight excluding hydrogens is 279 g/mol. The quantitative estimate of drug-likeness (QED) is 0.846. The fourth-order valence-electron chi connectivity index (χ4n) is 2.12. The van der Waals surface area contributed by atoms with Gasteiger partial charge in [0.25, 0.3) is 0 Å². The number of halogens is 3. The summed E-state index contributed by atoms with van der Waals surface area (Å²) in [5.41, 5.74) is 6.46. The summed E-state index contributed by atoms with van der Waals surface area (Å²) in [6.45, 7) is 0. The standard InChI is InChI=1S/C16H14F3NO/c17-16(18,19)11-4-7-14(15(20)9-11)10-2-1-3-13(8-10)21-12-5-6-12/h1-4,7-9,12H,5-6,20H2. The number of ether oxygens (including phenoxy) is 1. The van der Waals surface area contributed by atoms with Gasteiger partial charge < -0.3 is 10.5 Å². The summed E-state index contributed by atoms with van der Waals surface area (Å²) < 4.78 is 43.6. The molecule has 2 aromatic rings. The van der Waals surface area contributed by atoms with E-state index in [2.05, 4.69) is 0 Å². The van der Waals surface area contributed by atoms with Crippen LogP contribution in [0.5, 0.6) is 5.75 Å². The first-order valence-corrected chi connectivity index (χ1v) is 6.67. The molecule has 110 valence electrons. The Hall–Kier alpha value is -2.17. The highest BCUT2D eigenvalue weighted by Gasteiger charge is 2.30. The Bertz CT molecular complexity index is 663. The highest BCUT2D eigenvalue weighted by molar-refractivity contribution is 5.77. The van der Waals surface area contributed by atoms with Crippen molar-refractivity contribution in [3.63, 3.8) is 0 Å². The predicted molar refractivity (Wildman–Crippen MR) is 74.9 cm³/mol. The molecule has 0 aliphatic heterocycles. The molecule has 2 aromatic carbocycles. The molecule has 1 aliphatic carbocycles. The van der Waals surface area contributed by atoms with E-state index in [9.17, 15) is 13.2 Å². The molecule has 1 saturated carbocycles. The highest BCUT2D eigenvalue weighted by Crippen LogP contribution is 2.36. The molecule has 3 rings (SSSR count). The van der Waals surface area contributed by atoms with E-state index in [4.69, 9.17) is 10.5 Å². The van der Waals surface area contributed by atoms with Gasteiger partial charge >= 0.3 is 6.18 Å². The van der Waals surface area contributed by atoms with Crippen molar-refractivity contribution in [2.24, 2.45) is 0 Å². The van der Waals surface area contributed by atoms with Gasteiger partial charge in [-0.25, -0.2) is 0 Å². The van der Waals surface area contributed by atoms with E-state index in [0.717, 1.165) is 30.5 Å². The van der Waals surface area contributed by atoms with Gasteiger partial charge in [-0.1, -0.05) is 18.2 Å². The van der Waals surface area contributed by atoms with Gasteiger partial charge in [-0.3, -0.25) is 0 Å². The topological polar surface area (TPSA) is 35.2 Å². The monoisotopic (exact) mass is 293 g/mol. The van der Waals surface area contributed by atoms with Crippen LogP contribution in [0, 0.1) is 0 Å². The van der Waals surface area contributed by atoms with Gasteiger partial charge in [-0.15, -0.1) is 0 Å². The zero-order valence-corrected chi connectivity index (χ0v) is 11.2. The first-order valence-electron chi connectivity index (χ1n) is 6.67. The number of hydrogen-bond acceptors (Lipinski definition) is 2. The highest BCUT2D eigenvalue weighted by atomic mass is 19.4. The first kappa shape index (κ1) is 13.8. The van der Waals surface area contributed by atoms with Crippen LogP contribution in [0.15, 0.2) is 42.5 Å². The van der Waals surface area contributed by atoms with Gasteiger partial charge in [0.15, 0.2) is 0 Å². The Balaban J connectivity index is 1.92. The number of nitrogen functional groups attached to an aromatic ring is 1. The number of anilines is 1. The van der Waals surface area contributed by atoms with Crippen molar-refractivity contribution < 1.29 is 17.9 Å². The molecular formula is C16H14F3NO. The van der Waals surface area contributed by atoms with Crippen LogP contribution in [0.3, 0.4) is 0 Å². The minimum Gasteiger partial charge on any atom is -0.490 e. The Morgan fingerprint density at radius 3 is 2.43 bits per heavy atom. The lowest BCUT2D eigenvalue weighted by Crippen LogP contribution is -2.06. The summed E-state index contributed by atoms with van der Waals surface area (Å²) in [4.78, 5) is 0. The number of hydrogen-bond donors (Lipinski definition) is 1. The molecule has 0 spiro atoms. The lowest BCUT2D eigenvalue weighted by Gasteiger charge is -2.12. The maximum atomic E-state index is 12.6. The van der Waals surface area contributed by atoms with E-state index in [1.165, 1.54) is 6.07 Å². The molecule has 0 radical (unpaired) electrons. The van der Waals surface area contributed by atoms with Gasteiger partial charge in [0.2, 0.25) is 0 Å². The third kappa shape index (κ3) is 3.12. The van der Waals surface area contributed by atoms with Crippen molar-refractivity contribution in [3.05, 3.63) is 48.0 Å². The number of rotatable bonds is 3. The van der Waals surface area contributed by atoms with Crippen molar-refractivity contribution >= 4 is 5.69 Å². The summed E-state index contributed by atoms with van der Waals surface area (Å²) in [6, 6.07) is 10.7. The van der Waals surface area contributed by atoms with E-state index < -0.39 is 11.7 Å². The summed E-state index contributed by atoms with van der Waals surface area (Å²) in [7, 11) is 0. The fourth-order valence-corrected chi connectivity index (χ4v) is 2.12. The molecule has 0 unspecified atom stereocenters. The zero-order valence-electron chi connectivity index (χ0n) is 11.2. The molecule has 0 atom stereocenters. The average molecular weight is 293 g/mol. The molecule has 2 N–H and O–H groups in total.